The highest BCUT2D eigenvalue weighted by Crippen LogP contribution is 2.30. The van der Waals surface area contributed by atoms with E-state index in [4.69, 9.17) is 9.47 Å². The van der Waals surface area contributed by atoms with E-state index in [1.807, 2.05) is 42.5 Å². The molecule has 36 heavy (non-hydrogen) atoms. The number of carbonyl (C=O) groups is 1. The van der Waals surface area contributed by atoms with Gasteiger partial charge in [0.1, 0.15) is 11.5 Å². The number of methoxy groups -OCH3 is 1. The number of nitrogens with zero attached hydrogens (tertiary/aromatic N) is 2. The van der Waals surface area contributed by atoms with E-state index in [-0.39, 0.29) is 31.1 Å². The fraction of sp³-hybridized carbons (Fsp3) is 0.407. The van der Waals surface area contributed by atoms with Crippen LogP contribution in [-0.2, 0) is 11.3 Å². The van der Waals surface area contributed by atoms with E-state index < -0.39 is 6.10 Å². The maximum atomic E-state index is 11.6. The molecule has 0 spiro atoms. The zero-order valence-electron chi connectivity index (χ0n) is 20.3. The number of aliphatic hydroxyl groups excluding tert-OH is 2. The normalized spacial score (nSPS) is 20.9. The van der Waals surface area contributed by atoms with Gasteiger partial charge in [-0.3, -0.25) is 14.7 Å². The Hall–Kier alpha value is -3.24. The van der Waals surface area contributed by atoms with Crippen LogP contribution >= 0.6 is 0 Å². The highest BCUT2D eigenvalue weighted by atomic mass is 16.5. The Morgan fingerprint density at radius 1 is 1.31 bits per heavy atom. The van der Waals surface area contributed by atoms with Gasteiger partial charge in [-0.15, -0.1) is 0 Å². The molecular formula is C27H32N4O5. The molecule has 3 unspecified atom stereocenters. The number of aromatic nitrogens is 1. The van der Waals surface area contributed by atoms with E-state index in [0.29, 0.717) is 36.8 Å². The standard InChI is InChI=1S/C27H32N4O5/c1-35-19-10-21-20(3-2-4-23(21)29-12-19)25(33)14-31-8-7-22(18(13-31)15-32)28-11-17-5-6-26-24(9-17)30-27(34)16-36-26/h2-6,9-10,12,18,22,25,28,32-33H,7-8,11,13-16H2,1H3,(H,30,34). The maximum Gasteiger partial charge on any atom is 0.262 e. The van der Waals surface area contributed by atoms with Crippen LogP contribution < -0.4 is 20.1 Å². The van der Waals surface area contributed by atoms with Crippen LogP contribution in [0.4, 0.5) is 5.69 Å². The number of aliphatic hydroxyl groups is 2. The van der Waals surface area contributed by atoms with Gasteiger partial charge >= 0.3 is 0 Å². The summed E-state index contributed by atoms with van der Waals surface area (Å²) in [5.41, 5.74) is 3.36. The first kappa shape index (κ1) is 24.5. The number of ether oxygens (including phenoxy) is 2. The summed E-state index contributed by atoms with van der Waals surface area (Å²) in [5, 5.41) is 28.5. The maximum absolute atomic E-state index is 11.6. The van der Waals surface area contributed by atoms with E-state index >= 15 is 0 Å². The molecule has 3 heterocycles. The van der Waals surface area contributed by atoms with Gasteiger partial charge in [0.05, 0.1) is 30.6 Å². The summed E-state index contributed by atoms with van der Waals surface area (Å²) < 4.78 is 10.7. The Balaban J connectivity index is 1.20. The number of likely N-dealkylation sites (tertiary alicyclic amines) is 1. The van der Waals surface area contributed by atoms with Crippen LogP contribution in [0.25, 0.3) is 10.9 Å². The highest BCUT2D eigenvalue weighted by Gasteiger charge is 2.30. The lowest BCUT2D eigenvalue weighted by Crippen LogP contribution is -2.51. The molecule has 3 atom stereocenters. The van der Waals surface area contributed by atoms with Crippen molar-refractivity contribution < 1.29 is 24.5 Å². The molecule has 1 fully saturated rings. The van der Waals surface area contributed by atoms with Gasteiger partial charge in [0.2, 0.25) is 0 Å². The van der Waals surface area contributed by atoms with Crippen molar-refractivity contribution in [2.24, 2.45) is 5.92 Å². The van der Waals surface area contributed by atoms with Crippen molar-refractivity contribution in [3.05, 3.63) is 59.8 Å². The van der Waals surface area contributed by atoms with Crippen molar-refractivity contribution in [2.45, 2.75) is 25.1 Å². The number of hydrogen-bond donors (Lipinski definition) is 4. The minimum Gasteiger partial charge on any atom is -0.495 e. The third kappa shape index (κ3) is 5.29. The number of amides is 1. The first-order valence-corrected chi connectivity index (χ1v) is 12.3. The van der Waals surface area contributed by atoms with Crippen LogP contribution in [0.1, 0.15) is 23.7 Å². The number of hydrogen-bond acceptors (Lipinski definition) is 8. The third-order valence-electron chi connectivity index (χ3n) is 7.06. The fourth-order valence-electron chi connectivity index (χ4n) is 5.11. The Bertz CT molecular complexity index is 1240. The van der Waals surface area contributed by atoms with Gasteiger partial charge in [-0.25, -0.2) is 0 Å². The van der Waals surface area contributed by atoms with Crippen molar-refractivity contribution in [3.8, 4) is 11.5 Å². The summed E-state index contributed by atoms with van der Waals surface area (Å²) in [7, 11) is 1.60. The van der Waals surface area contributed by atoms with Crippen LogP contribution in [0.5, 0.6) is 11.5 Å². The molecule has 2 aliphatic rings. The molecule has 5 rings (SSSR count). The SMILES string of the molecule is COc1cnc2cccc(C(O)CN3CCC(NCc4ccc5c(c4)NC(=O)CO5)C(CO)C3)c2c1. The number of β-amino-alcohol motifs (C(OH)–C–C–N with tert-alkyl or cyclic N) is 1. The van der Waals surface area contributed by atoms with E-state index in [0.717, 1.165) is 35.0 Å². The second-order valence-electron chi connectivity index (χ2n) is 9.45. The fourth-order valence-corrected chi connectivity index (χ4v) is 5.11. The van der Waals surface area contributed by atoms with Gasteiger partial charge in [-0.2, -0.15) is 0 Å². The molecule has 190 valence electrons. The molecule has 0 radical (unpaired) electrons. The molecule has 2 aliphatic heterocycles. The lowest BCUT2D eigenvalue weighted by Gasteiger charge is -2.39. The molecular weight excluding hydrogens is 460 g/mol. The van der Waals surface area contributed by atoms with Crippen molar-refractivity contribution in [3.63, 3.8) is 0 Å². The summed E-state index contributed by atoms with van der Waals surface area (Å²) >= 11 is 0. The number of pyridine rings is 1. The molecule has 0 saturated carbocycles. The summed E-state index contributed by atoms with van der Waals surface area (Å²) in [4.78, 5) is 18.2. The van der Waals surface area contributed by atoms with Crippen molar-refractivity contribution in [1.29, 1.82) is 0 Å². The second-order valence-corrected chi connectivity index (χ2v) is 9.45. The molecule has 1 amide bonds. The topological polar surface area (TPSA) is 116 Å². The number of fused-ring (bicyclic) bond motifs is 2. The van der Waals surface area contributed by atoms with Crippen molar-refractivity contribution in [1.82, 2.24) is 15.2 Å². The Morgan fingerprint density at radius 2 is 2.19 bits per heavy atom. The number of benzene rings is 2. The van der Waals surface area contributed by atoms with Gasteiger partial charge in [-0.1, -0.05) is 18.2 Å². The predicted octanol–water partition coefficient (Wildman–Crippen LogP) is 2.08. The Morgan fingerprint density at radius 3 is 3.03 bits per heavy atom. The van der Waals surface area contributed by atoms with Crippen LogP contribution in [0.15, 0.2) is 48.7 Å². The Labute approximate surface area is 210 Å². The zero-order chi connectivity index (χ0) is 25.1. The van der Waals surface area contributed by atoms with E-state index in [1.165, 1.54) is 0 Å². The van der Waals surface area contributed by atoms with Crippen molar-refractivity contribution >= 4 is 22.5 Å². The Kier molecular flexibility index (Phi) is 7.33. The van der Waals surface area contributed by atoms with E-state index in [1.54, 1.807) is 13.3 Å². The zero-order valence-corrected chi connectivity index (χ0v) is 20.3. The predicted molar refractivity (Wildman–Crippen MR) is 136 cm³/mol. The minimum absolute atomic E-state index is 0.0425. The lowest BCUT2D eigenvalue weighted by molar-refractivity contribution is -0.118. The second kappa shape index (κ2) is 10.8. The number of anilines is 1. The van der Waals surface area contributed by atoms with Gasteiger partial charge in [0.15, 0.2) is 6.61 Å². The molecule has 9 nitrogen and oxygen atoms in total. The van der Waals surface area contributed by atoms with Gasteiger partial charge in [0.25, 0.3) is 5.91 Å². The van der Waals surface area contributed by atoms with E-state index in [2.05, 4.69) is 20.5 Å². The third-order valence-corrected chi connectivity index (χ3v) is 7.06. The summed E-state index contributed by atoms with van der Waals surface area (Å²) in [6.07, 6.45) is 1.85. The summed E-state index contributed by atoms with van der Waals surface area (Å²) in [6, 6.07) is 13.6. The molecule has 3 aromatic rings. The van der Waals surface area contributed by atoms with E-state index in [9.17, 15) is 15.0 Å². The molecule has 0 aliphatic carbocycles. The van der Waals surface area contributed by atoms with Gasteiger partial charge in [0, 0.05) is 43.6 Å². The van der Waals surface area contributed by atoms with Crippen molar-refractivity contribution in [2.75, 3.05) is 45.3 Å². The lowest BCUT2D eigenvalue weighted by atomic mass is 9.91. The quantitative estimate of drug-likeness (QED) is 0.378. The van der Waals surface area contributed by atoms with Crippen LogP contribution in [-0.4, -0.2) is 72.0 Å². The summed E-state index contributed by atoms with van der Waals surface area (Å²) in [6.45, 7) is 2.70. The molecule has 0 bridgehead atoms. The first-order chi connectivity index (χ1) is 17.5. The first-order valence-electron chi connectivity index (χ1n) is 12.3. The van der Waals surface area contributed by atoms with Crippen LogP contribution in [0.2, 0.25) is 0 Å². The number of piperidine rings is 1. The average molecular weight is 493 g/mol. The largest absolute Gasteiger partial charge is 0.495 e. The molecule has 4 N–H and O–H groups in total. The van der Waals surface area contributed by atoms with Crippen LogP contribution in [0.3, 0.4) is 0 Å². The van der Waals surface area contributed by atoms with Gasteiger partial charge in [-0.05, 0) is 48.4 Å². The molecule has 2 aromatic carbocycles. The highest BCUT2D eigenvalue weighted by molar-refractivity contribution is 5.95. The van der Waals surface area contributed by atoms with Gasteiger partial charge < -0.3 is 30.3 Å². The molecule has 1 aromatic heterocycles. The monoisotopic (exact) mass is 492 g/mol. The number of carbonyl (C=O) groups excluding carboxylic acids is 1. The van der Waals surface area contributed by atoms with Crippen LogP contribution in [0, 0.1) is 5.92 Å². The molecule has 1 saturated heterocycles. The summed E-state index contributed by atoms with van der Waals surface area (Å²) in [5.74, 6) is 1.23. The number of nitrogens with one attached hydrogen (secondary N) is 2. The smallest absolute Gasteiger partial charge is 0.262 e. The number of rotatable bonds is 8. The molecule has 9 heteroatoms. The minimum atomic E-state index is -0.681. The average Bonchev–Trinajstić information content (AvgIpc) is 2.91.